The molecule has 1 saturated carbocycles. The van der Waals surface area contributed by atoms with E-state index in [1.165, 1.54) is 44.1 Å². The van der Waals surface area contributed by atoms with E-state index in [1.807, 2.05) is 6.26 Å². The van der Waals surface area contributed by atoms with Crippen LogP contribution in [0.1, 0.15) is 52.4 Å². The van der Waals surface area contributed by atoms with Gasteiger partial charge in [-0.25, -0.2) is 0 Å². The fraction of sp³-hybridized carbons (Fsp3) is 0.875. The lowest BCUT2D eigenvalue weighted by molar-refractivity contribution is 0.0726. The van der Waals surface area contributed by atoms with Crippen molar-refractivity contribution < 1.29 is 4.74 Å². The summed E-state index contributed by atoms with van der Waals surface area (Å²) in [6, 6.07) is 0.454. The molecule has 19 heavy (non-hydrogen) atoms. The summed E-state index contributed by atoms with van der Waals surface area (Å²) in [4.78, 5) is 2.68. The van der Waals surface area contributed by atoms with Crippen molar-refractivity contribution in [3.63, 3.8) is 0 Å². The standard InChI is InChI=1S/C16H30N2O/c1-4-18(5-2)16(10-6-7-11-16)15(17-3)14-9-8-12-19-13-14/h13,15,17H,4-12H2,1-3H3. The zero-order valence-corrected chi connectivity index (χ0v) is 12.9. The molecular weight excluding hydrogens is 236 g/mol. The number of likely N-dealkylation sites (N-methyl/N-ethyl adjacent to an activating group) is 2. The van der Waals surface area contributed by atoms with Gasteiger partial charge in [0.05, 0.1) is 12.9 Å². The van der Waals surface area contributed by atoms with Crippen LogP contribution in [0.2, 0.25) is 0 Å². The summed E-state index contributed by atoms with van der Waals surface area (Å²) in [6.07, 6.45) is 9.75. The Morgan fingerprint density at radius 3 is 2.42 bits per heavy atom. The Kier molecular flexibility index (Phi) is 5.28. The van der Waals surface area contributed by atoms with Gasteiger partial charge in [-0.15, -0.1) is 0 Å². The third-order valence-electron chi connectivity index (χ3n) is 5.02. The van der Waals surface area contributed by atoms with Crippen molar-refractivity contribution in [2.45, 2.75) is 64.0 Å². The second-order valence-electron chi connectivity index (χ2n) is 5.87. The minimum Gasteiger partial charge on any atom is -0.501 e. The second kappa shape index (κ2) is 6.76. The van der Waals surface area contributed by atoms with Gasteiger partial charge in [-0.1, -0.05) is 26.7 Å². The fourth-order valence-corrected chi connectivity index (χ4v) is 4.22. The van der Waals surface area contributed by atoms with Crippen molar-refractivity contribution >= 4 is 0 Å². The number of nitrogens with zero attached hydrogens (tertiary/aromatic N) is 1. The Balaban J connectivity index is 2.27. The smallest absolute Gasteiger partial charge is 0.0876 e. The molecule has 110 valence electrons. The van der Waals surface area contributed by atoms with Crippen LogP contribution in [0.3, 0.4) is 0 Å². The Bertz CT molecular complexity index is 304. The third-order valence-corrected chi connectivity index (χ3v) is 5.02. The van der Waals surface area contributed by atoms with Crippen molar-refractivity contribution in [2.75, 3.05) is 26.7 Å². The first kappa shape index (κ1) is 14.9. The molecule has 3 heteroatoms. The highest BCUT2D eigenvalue weighted by Gasteiger charge is 2.45. The molecule has 1 aliphatic heterocycles. The van der Waals surface area contributed by atoms with Gasteiger partial charge in [-0.2, -0.15) is 0 Å². The lowest BCUT2D eigenvalue weighted by Crippen LogP contribution is -2.60. The van der Waals surface area contributed by atoms with E-state index < -0.39 is 0 Å². The van der Waals surface area contributed by atoms with Crippen molar-refractivity contribution in [3.05, 3.63) is 11.8 Å². The van der Waals surface area contributed by atoms with Gasteiger partial charge in [0.15, 0.2) is 0 Å². The molecule has 2 aliphatic rings. The van der Waals surface area contributed by atoms with E-state index in [4.69, 9.17) is 4.74 Å². The number of rotatable bonds is 6. The van der Waals surface area contributed by atoms with Crippen molar-refractivity contribution in [1.29, 1.82) is 0 Å². The number of nitrogens with one attached hydrogen (secondary N) is 1. The van der Waals surface area contributed by atoms with Gasteiger partial charge < -0.3 is 10.1 Å². The van der Waals surface area contributed by atoms with Gasteiger partial charge in [0.2, 0.25) is 0 Å². The van der Waals surface area contributed by atoms with Crippen LogP contribution in [0.25, 0.3) is 0 Å². The van der Waals surface area contributed by atoms with Crippen LogP contribution in [-0.2, 0) is 4.74 Å². The molecule has 1 atom stereocenters. The van der Waals surface area contributed by atoms with Gasteiger partial charge in [-0.05, 0) is 51.4 Å². The summed E-state index contributed by atoms with van der Waals surface area (Å²) < 4.78 is 5.60. The Hall–Kier alpha value is -0.540. The second-order valence-corrected chi connectivity index (χ2v) is 5.87. The number of hydrogen-bond donors (Lipinski definition) is 1. The molecule has 1 heterocycles. The highest BCUT2D eigenvalue weighted by Crippen LogP contribution is 2.41. The maximum absolute atomic E-state index is 5.60. The van der Waals surface area contributed by atoms with Gasteiger partial charge >= 0.3 is 0 Å². The van der Waals surface area contributed by atoms with Gasteiger partial charge in [0, 0.05) is 11.6 Å². The van der Waals surface area contributed by atoms with Gasteiger partial charge in [-0.3, -0.25) is 4.90 Å². The largest absolute Gasteiger partial charge is 0.501 e. The number of ether oxygens (including phenoxy) is 1. The van der Waals surface area contributed by atoms with Crippen LogP contribution in [-0.4, -0.2) is 43.2 Å². The monoisotopic (exact) mass is 266 g/mol. The van der Waals surface area contributed by atoms with Crippen LogP contribution < -0.4 is 5.32 Å². The molecule has 2 rings (SSSR count). The van der Waals surface area contributed by atoms with E-state index >= 15 is 0 Å². The maximum Gasteiger partial charge on any atom is 0.0876 e. The molecule has 0 saturated heterocycles. The summed E-state index contributed by atoms with van der Waals surface area (Å²) >= 11 is 0. The van der Waals surface area contributed by atoms with E-state index in [-0.39, 0.29) is 0 Å². The molecule has 0 amide bonds. The zero-order chi connectivity index (χ0) is 13.7. The van der Waals surface area contributed by atoms with Crippen molar-refractivity contribution in [2.24, 2.45) is 0 Å². The Morgan fingerprint density at radius 1 is 1.26 bits per heavy atom. The highest BCUT2D eigenvalue weighted by molar-refractivity contribution is 5.20. The van der Waals surface area contributed by atoms with E-state index in [0.717, 1.165) is 19.7 Å². The summed E-state index contributed by atoms with van der Waals surface area (Å²) in [6.45, 7) is 7.76. The van der Waals surface area contributed by atoms with Crippen LogP contribution >= 0.6 is 0 Å². The molecular formula is C16H30N2O. The average Bonchev–Trinajstić information content (AvgIpc) is 2.92. The summed E-state index contributed by atoms with van der Waals surface area (Å²) in [5, 5.41) is 3.61. The Morgan fingerprint density at radius 2 is 1.95 bits per heavy atom. The first-order valence-electron chi connectivity index (χ1n) is 8.01. The zero-order valence-electron chi connectivity index (χ0n) is 12.9. The summed E-state index contributed by atoms with van der Waals surface area (Å²) in [5.41, 5.74) is 1.78. The average molecular weight is 266 g/mol. The quantitative estimate of drug-likeness (QED) is 0.800. The molecule has 0 bridgehead atoms. The maximum atomic E-state index is 5.60. The van der Waals surface area contributed by atoms with Crippen molar-refractivity contribution in [3.8, 4) is 0 Å². The van der Waals surface area contributed by atoms with Crippen LogP contribution in [0.5, 0.6) is 0 Å². The lowest BCUT2D eigenvalue weighted by atomic mass is 9.80. The number of hydrogen-bond acceptors (Lipinski definition) is 3. The third kappa shape index (κ3) is 2.82. The topological polar surface area (TPSA) is 24.5 Å². The van der Waals surface area contributed by atoms with E-state index in [1.54, 1.807) is 0 Å². The molecule has 3 nitrogen and oxygen atoms in total. The van der Waals surface area contributed by atoms with Crippen molar-refractivity contribution in [1.82, 2.24) is 10.2 Å². The van der Waals surface area contributed by atoms with Gasteiger partial charge in [0.1, 0.15) is 0 Å². The highest BCUT2D eigenvalue weighted by atomic mass is 16.5. The van der Waals surface area contributed by atoms with E-state index in [9.17, 15) is 0 Å². The summed E-state index contributed by atoms with van der Waals surface area (Å²) in [7, 11) is 2.11. The van der Waals surface area contributed by atoms with Crippen LogP contribution in [0.15, 0.2) is 11.8 Å². The molecule has 0 aromatic heterocycles. The summed E-state index contributed by atoms with van der Waals surface area (Å²) in [5.74, 6) is 0. The molecule has 1 unspecified atom stereocenters. The van der Waals surface area contributed by atoms with E-state index in [2.05, 4.69) is 31.1 Å². The lowest BCUT2D eigenvalue weighted by Gasteiger charge is -2.47. The van der Waals surface area contributed by atoms with E-state index in [0.29, 0.717) is 11.6 Å². The molecule has 0 aromatic rings. The minimum atomic E-state index is 0.310. The predicted octanol–water partition coefficient (Wildman–Crippen LogP) is 2.92. The molecule has 1 N–H and O–H groups in total. The Labute approximate surface area is 118 Å². The van der Waals surface area contributed by atoms with Crippen LogP contribution in [0.4, 0.5) is 0 Å². The molecule has 0 radical (unpaired) electrons. The minimum absolute atomic E-state index is 0.310. The predicted molar refractivity (Wildman–Crippen MR) is 80.2 cm³/mol. The molecule has 1 aliphatic carbocycles. The van der Waals surface area contributed by atoms with Crippen LogP contribution in [0, 0.1) is 0 Å². The first-order chi connectivity index (χ1) is 9.28. The molecule has 0 spiro atoms. The SMILES string of the molecule is CCN(CC)C1(C(NC)C2=COCCC2)CCCC1. The fourth-order valence-electron chi connectivity index (χ4n) is 4.22. The van der Waals surface area contributed by atoms with Gasteiger partial charge in [0.25, 0.3) is 0 Å². The molecule has 1 fully saturated rings. The first-order valence-corrected chi connectivity index (χ1v) is 8.01. The normalized spacial score (nSPS) is 24.1. The molecule has 0 aromatic carbocycles.